The Hall–Kier alpha value is -1.85. The minimum Gasteiger partial charge on any atom is -0.462 e. The lowest BCUT2D eigenvalue weighted by atomic mass is 9.72. The molecule has 0 heterocycles. The number of ether oxygens (including phenoxy) is 3. The first kappa shape index (κ1) is 24.1. The van der Waals surface area contributed by atoms with Crippen LogP contribution in [0.5, 0.6) is 0 Å². The van der Waals surface area contributed by atoms with Gasteiger partial charge >= 0.3 is 17.9 Å². The van der Waals surface area contributed by atoms with Crippen LogP contribution in [-0.2, 0) is 28.6 Å². The highest BCUT2D eigenvalue weighted by atomic mass is 16.6. The maximum Gasteiger partial charge on any atom is 0.333 e. The van der Waals surface area contributed by atoms with Crippen molar-refractivity contribution >= 4 is 17.9 Å². The van der Waals surface area contributed by atoms with Gasteiger partial charge in [-0.25, -0.2) is 4.79 Å². The third-order valence-corrected chi connectivity index (χ3v) is 3.62. The number of esters is 3. The smallest absolute Gasteiger partial charge is 0.333 e. The van der Waals surface area contributed by atoms with E-state index in [2.05, 4.69) is 27.4 Å². The fraction of sp³-hybridized carbons (Fsp3) is 0.750. The normalized spacial score (nSPS) is 12.9. The second kappa shape index (κ2) is 10.3. The van der Waals surface area contributed by atoms with E-state index in [1.54, 1.807) is 0 Å². The molecule has 1 unspecified atom stereocenters. The average Bonchev–Trinajstić information content (AvgIpc) is 2.46. The van der Waals surface area contributed by atoms with Crippen LogP contribution < -0.4 is 0 Å². The van der Waals surface area contributed by atoms with E-state index in [0.717, 1.165) is 0 Å². The van der Waals surface area contributed by atoms with Crippen molar-refractivity contribution in [1.29, 1.82) is 0 Å². The van der Waals surface area contributed by atoms with Gasteiger partial charge in [-0.15, -0.1) is 0 Å². The summed E-state index contributed by atoms with van der Waals surface area (Å²) in [4.78, 5) is 35.1. The molecule has 0 rings (SSSR count). The zero-order valence-corrected chi connectivity index (χ0v) is 17.3. The zero-order chi connectivity index (χ0) is 20.5. The largest absolute Gasteiger partial charge is 0.462 e. The number of hydrogen-bond acceptors (Lipinski definition) is 6. The van der Waals surface area contributed by atoms with Crippen LogP contribution in [0.3, 0.4) is 0 Å². The van der Waals surface area contributed by atoms with Crippen LogP contribution in [0.15, 0.2) is 12.2 Å². The molecule has 0 saturated heterocycles. The molecule has 0 bridgehead atoms. The standard InChI is InChI=1S/C20H34O6/c1-14(2)17(22)25-10-9-16(21)24-11-12-26-18(23)15(20(6,7)8)13-19(3,4)5/h15H,1,9-13H2,2-8H3. The van der Waals surface area contributed by atoms with Gasteiger partial charge in [0.15, 0.2) is 0 Å². The second-order valence-electron chi connectivity index (χ2n) is 8.74. The molecule has 0 aromatic heterocycles. The Labute approximate surface area is 157 Å². The summed E-state index contributed by atoms with van der Waals surface area (Å²) in [5.74, 6) is -1.57. The van der Waals surface area contributed by atoms with Crippen molar-refractivity contribution in [3.05, 3.63) is 12.2 Å². The van der Waals surface area contributed by atoms with Crippen LogP contribution in [-0.4, -0.2) is 37.7 Å². The lowest BCUT2D eigenvalue weighted by Crippen LogP contribution is -2.34. The maximum absolute atomic E-state index is 12.4. The highest BCUT2D eigenvalue weighted by Crippen LogP contribution is 2.36. The molecule has 6 nitrogen and oxygen atoms in total. The van der Waals surface area contributed by atoms with Gasteiger partial charge in [0.2, 0.25) is 0 Å². The van der Waals surface area contributed by atoms with E-state index in [1.165, 1.54) is 6.92 Å². The molecule has 6 heteroatoms. The van der Waals surface area contributed by atoms with Crippen LogP contribution in [0.1, 0.15) is 61.3 Å². The summed E-state index contributed by atoms with van der Waals surface area (Å²) in [7, 11) is 0. The highest BCUT2D eigenvalue weighted by Gasteiger charge is 2.35. The summed E-state index contributed by atoms with van der Waals surface area (Å²) in [6, 6.07) is 0. The fourth-order valence-electron chi connectivity index (χ4n) is 2.18. The van der Waals surface area contributed by atoms with Crippen LogP contribution in [0.25, 0.3) is 0 Å². The molecule has 0 amide bonds. The third-order valence-electron chi connectivity index (χ3n) is 3.62. The van der Waals surface area contributed by atoms with Crippen molar-refractivity contribution < 1.29 is 28.6 Å². The number of hydrogen-bond donors (Lipinski definition) is 0. The Kier molecular flexibility index (Phi) is 9.60. The van der Waals surface area contributed by atoms with Gasteiger partial charge in [-0.1, -0.05) is 48.1 Å². The van der Waals surface area contributed by atoms with Crippen molar-refractivity contribution in [2.24, 2.45) is 16.7 Å². The van der Waals surface area contributed by atoms with Crippen molar-refractivity contribution in [3.63, 3.8) is 0 Å². The summed E-state index contributed by atoms with van der Waals surface area (Å²) >= 11 is 0. The molecule has 0 saturated carbocycles. The molecule has 0 fully saturated rings. The van der Waals surface area contributed by atoms with Gasteiger partial charge in [0, 0.05) is 5.57 Å². The number of carbonyl (C=O) groups is 3. The molecule has 0 spiro atoms. The molecule has 1 atom stereocenters. The minimum absolute atomic E-state index is 0.00462. The Morgan fingerprint density at radius 1 is 0.885 bits per heavy atom. The van der Waals surface area contributed by atoms with Crippen LogP contribution >= 0.6 is 0 Å². The van der Waals surface area contributed by atoms with Crippen molar-refractivity contribution in [2.75, 3.05) is 19.8 Å². The SMILES string of the molecule is C=C(C)C(=O)OCCC(=O)OCCOC(=O)C(CC(C)(C)C)C(C)(C)C. The Bertz CT molecular complexity index is 507. The fourth-order valence-corrected chi connectivity index (χ4v) is 2.18. The molecule has 150 valence electrons. The van der Waals surface area contributed by atoms with E-state index in [9.17, 15) is 14.4 Å². The van der Waals surface area contributed by atoms with Crippen molar-refractivity contribution in [1.82, 2.24) is 0 Å². The first-order chi connectivity index (χ1) is 11.7. The van der Waals surface area contributed by atoms with Crippen LogP contribution in [0, 0.1) is 16.7 Å². The lowest BCUT2D eigenvalue weighted by molar-refractivity contribution is -0.159. The summed E-state index contributed by atoms with van der Waals surface area (Å²) < 4.78 is 15.1. The molecule has 26 heavy (non-hydrogen) atoms. The average molecular weight is 370 g/mol. The van der Waals surface area contributed by atoms with Crippen molar-refractivity contribution in [2.45, 2.75) is 61.3 Å². The van der Waals surface area contributed by atoms with E-state index >= 15 is 0 Å². The predicted molar refractivity (Wildman–Crippen MR) is 99.3 cm³/mol. The monoisotopic (exact) mass is 370 g/mol. The van der Waals surface area contributed by atoms with Crippen LogP contribution in [0.4, 0.5) is 0 Å². The van der Waals surface area contributed by atoms with Crippen LogP contribution in [0.2, 0.25) is 0 Å². The quantitative estimate of drug-likeness (QED) is 0.267. The van der Waals surface area contributed by atoms with E-state index in [0.29, 0.717) is 6.42 Å². The summed E-state index contributed by atoms with van der Waals surface area (Å²) in [5.41, 5.74) is 0.0627. The predicted octanol–water partition coefficient (Wildman–Crippen LogP) is 3.68. The summed E-state index contributed by atoms with van der Waals surface area (Å²) in [6.07, 6.45) is 0.658. The highest BCUT2D eigenvalue weighted by molar-refractivity contribution is 5.87. The Morgan fingerprint density at radius 3 is 1.88 bits per heavy atom. The summed E-state index contributed by atoms with van der Waals surface area (Å²) in [5, 5.41) is 0. The first-order valence-electron chi connectivity index (χ1n) is 8.89. The minimum atomic E-state index is -0.543. The molecule has 0 aliphatic carbocycles. The number of rotatable bonds is 9. The first-order valence-corrected chi connectivity index (χ1v) is 8.89. The topological polar surface area (TPSA) is 78.9 Å². The molecule has 0 aliphatic rings. The van der Waals surface area contributed by atoms with Gasteiger partial charge in [-0.2, -0.15) is 0 Å². The Morgan fingerprint density at radius 2 is 1.42 bits per heavy atom. The molecule has 0 N–H and O–H groups in total. The van der Waals surface area contributed by atoms with E-state index in [4.69, 9.17) is 14.2 Å². The Balaban J connectivity index is 4.21. The second-order valence-corrected chi connectivity index (χ2v) is 8.74. The molecule has 0 aliphatic heterocycles. The van der Waals surface area contributed by atoms with E-state index in [1.807, 2.05) is 20.8 Å². The molecular formula is C20H34O6. The van der Waals surface area contributed by atoms with E-state index < -0.39 is 11.9 Å². The van der Waals surface area contributed by atoms with Gasteiger partial charge < -0.3 is 14.2 Å². The summed E-state index contributed by atoms with van der Waals surface area (Å²) in [6.45, 7) is 17.2. The molecule has 0 aromatic carbocycles. The molecule has 0 aromatic rings. The zero-order valence-electron chi connectivity index (χ0n) is 17.3. The van der Waals surface area contributed by atoms with Gasteiger partial charge in [-0.05, 0) is 24.2 Å². The van der Waals surface area contributed by atoms with Crippen molar-refractivity contribution in [3.8, 4) is 0 Å². The molecule has 0 radical (unpaired) electrons. The van der Waals surface area contributed by atoms with Gasteiger partial charge in [0.1, 0.15) is 19.8 Å². The maximum atomic E-state index is 12.4. The van der Waals surface area contributed by atoms with Gasteiger partial charge in [-0.3, -0.25) is 9.59 Å². The van der Waals surface area contributed by atoms with Gasteiger partial charge in [0.05, 0.1) is 12.3 Å². The lowest BCUT2D eigenvalue weighted by Gasteiger charge is -2.33. The molecular weight excluding hydrogens is 336 g/mol. The third kappa shape index (κ3) is 10.9. The number of carbonyl (C=O) groups excluding carboxylic acids is 3. The van der Waals surface area contributed by atoms with Gasteiger partial charge in [0.25, 0.3) is 0 Å². The van der Waals surface area contributed by atoms with E-state index in [-0.39, 0.29) is 54.5 Å².